The smallest absolute Gasteiger partial charge is 0.282 e. The van der Waals surface area contributed by atoms with Gasteiger partial charge < -0.3 is 10.2 Å². The van der Waals surface area contributed by atoms with Crippen molar-refractivity contribution in [2.24, 2.45) is 0 Å². The third-order valence-corrected chi connectivity index (χ3v) is 4.07. The molecule has 2 aromatic rings. The van der Waals surface area contributed by atoms with Crippen molar-refractivity contribution in [2.75, 3.05) is 12.4 Å². The molecule has 0 heterocycles. The standard InChI is InChI=1S/C17H17Cl2FN2O/c1-11(22(2)10-12-4-3-5-15(20)6-12)17(23)21-16-8-13(18)7-14(19)9-16/h3-9,11H,10H2,1-2H3,(H,21,23)/p+1/t11-/m0/s1. The minimum Gasteiger partial charge on any atom is -0.324 e. The van der Waals surface area contributed by atoms with Crippen molar-refractivity contribution in [1.29, 1.82) is 0 Å². The number of quaternary nitrogens is 1. The Morgan fingerprint density at radius 3 is 2.48 bits per heavy atom. The normalized spacial score (nSPS) is 13.4. The van der Waals surface area contributed by atoms with Crippen molar-refractivity contribution in [3.05, 3.63) is 63.9 Å². The van der Waals surface area contributed by atoms with Gasteiger partial charge in [0.2, 0.25) is 0 Å². The lowest BCUT2D eigenvalue weighted by atomic mass is 10.2. The van der Waals surface area contributed by atoms with E-state index in [9.17, 15) is 9.18 Å². The first-order chi connectivity index (χ1) is 10.8. The van der Waals surface area contributed by atoms with Crippen LogP contribution in [0.15, 0.2) is 42.5 Å². The van der Waals surface area contributed by atoms with Crippen molar-refractivity contribution in [1.82, 2.24) is 0 Å². The Morgan fingerprint density at radius 1 is 1.22 bits per heavy atom. The molecule has 2 aromatic carbocycles. The third-order valence-electron chi connectivity index (χ3n) is 3.63. The fraction of sp³-hybridized carbons (Fsp3) is 0.235. The first-order valence-corrected chi connectivity index (χ1v) is 7.94. The molecular formula is C17H18Cl2FN2O+. The van der Waals surface area contributed by atoms with Crippen LogP contribution in [0.1, 0.15) is 12.5 Å². The molecule has 2 rings (SSSR count). The van der Waals surface area contributed by atoms with E-state index >= 15 is 0 Å². The fourth-order valence-electron chi connectivity index (χ4n) is 2.22. The van der Waals surface area contributed by atoms with Crippen LogP contribution in [0, 0.1) is 5.82 Å². The molecule has 0 aliphatic heterocycles. The zero-order chi connectivity index (χ0) is 17.0. The van der Waals surface area contributed by atoms with Gasteiger partial charge in [-0.15, -0.1) is 0 Å². The average Bonchev–Trinajstić information content (AvgIpc) is 2.45. The van der Waals surface area contributed by atoms with Gasteiger partial charge in [-0.3, -0.25) is 4.79 Å². The van der Waals surface area contributed by atoms with Gasteiger partial charge in [-0.05, 0) is 37.3 Å². The molecule has 1 unspecified atom stereocenters. The Bertz CT molecular complexity index is 688. The van der Waals surface area contributed by atoms with Crippen LogP contribution in [0.5, 0.6) is 0 Å². The summed E-state index contributed by atoms with van der Waals surface area (Å²) in [6, 6.07) is 10.9. The lowest BCUT2D eigenvalue weighted by Gasteiger charge is -2.21. The molecular weight excluding hydrogens is 338 g/mol. The largest absolute Gasteiger partial charge is 0.324 e. The van der Waals surface area contributed by atoms with Gasteiger partial charge in [-0.2, -0.15) is 0 Å². The molecule has 23 heavy (non-hydrogen) atoms. The highest BCUT2D eigenvalue weighted by Crippen LogP contribution is 2.22. The molecule has 0 aliphatic rings. The minimum absolute atomic E-state index is 0.155. The van der Waals surface area contributed by atoms with Gasteiger partial charge in [0.25, 0.3) is 5.91 Å². The molecule has 0 aromatic heterocycles. The average molecular weight is 356 g/mol. The molecule has 0 saturated carbocycles. The van der Waals surface area contributed by atoms with E-state index in [0.29, 0.717) is 22.3 Å². The quantitative estimate of drug-likeness (QED) is 0.848. The van der Waals surface area contributed by atoms with Crippen LogP contribution in [0.2, 0.25) is 10.0 Å². The second kappa shape index (κ2) is 7.77. The maximum Gasteiger partial charge on any atom is 0.282 e. The molecule has 0 fully saturated rings. The summed E-state index contributed by atoms with van der Waals surface area (Å²) in [5, 5.41) is 3.72. The van der Waals surface area contributed by atoms with Crippen molar-refractivity contribution in [3.8, 4) is 0 Å². The third kappa shape index (κ3) is 5.20. The molecule has 0 spiro atoms. The van der Waals surface area contributed by atoms with Crippen molar-refractivity contribution in [3.63, 3.8) is 0 Å². The van der Waals surface area contributed by atoms with E-state index in [2.05, 4.69) is 5.32 Å². The predicted molar refractivity (Wildman–Crippen MR) is 91.5 cm³/mol. The van der Waals surface area contributed by atoms with Crippen molar-refractivity contribution >= 4 is 34.8 Å². The van der Waals surface area contributed by atoms with E-state index < -0.39 is 0 Å². The number of carbonyl (C=O) groups is 1. The number of amides is 1. The molecule has 2 N–H and O–H groups in total. The first kappa shape index (κ1) is 17.7. The Kier molecular flexibility index (Phi) is 5.99. The van der Waals surface area contributed by atoms with Gasteiger partial charge in [0.15, 0.2) is 6.04 Å². The summed E-state index contributed by atoms with van der Waals surface area (Å²) < 4.78 is 13.2. The highest BCUT2D eigenvalue weighted by molar-refractivity contribution is 6.35. The van der Waals surface area contributed by atoms with Crippen LogP contribution < -0.4 is 10.2 Å². The van der Waals surface area contributed by atoms with Gasteiger partial charge in [0.1, 0.15) is 12.4 Å². The van der Waals surface area contributed by atoms with Crippen LogP contribution in [0.25, 0.3) is 0 Å². The van der Waals surface area contributed by atoms with E-state index in [-0.39, 0.29) is 17.8 Å². The number of hydrogen-bond donors (Lipinski definition) is 2. The summed E-state index contributed by atoms with van der Waals surface area (Å²) in [4.78, 5) is 13.3. The molecule has 122 valence electrons. The summed E-state index contributed by atoms with van der Waals surface area (Å²) >= 11 is 11.8. The second-order valence-electron chi connectivity index (χ2n) is 5.52. The van der Waals surface area contributed by atoms with Gasteiger partial charge in [0.05, 0.1) is 7.05 Å². The second-order valence-corrected chi connectivity index (χ2v) is 6.39. The van der Waals surface area contributed by atoms with Crippen LogP contribution in [0.4, 0.5) is 10.1 Å². The lowest BCUT2D eigenvalue weighted by Crippen LogP contribution is -3.12. The summed E-state index contributed by atoms with van der Waals surface area (Å²) in [5.74, 6) is -0.432. The molecule has 2 atom stereocenters. The lowest BCUT2D eigenvalue weighted by molar-refractivity contribution is -0.907. The number of carbonyl (C=O) groups excluding carboxylic acids is 1. The molecule has 0 radical (unpaired) electrons. The number of halogens is 3. The molecule has 0 saturated heterocycles. The van der Waals surface area contributed by atoms with Gasteiger partial charge in [0, 0.05) is 21.3 Å². The SMILES string of the molecule is C[C@@H](C(=O)Nc1cc(Cl)cc(Cl)c1)[NH+](C)Cc1cccc(F)c1. The van der Waals surface area contributed by atoms with Crippen LogP contribution in [-0.2, 0) is 11.3 Å². The van der Waals surface area contributed by atoms with E-state index in [1.807, 2.05) is 20.0 Å². The van der Waals surface area contributed by atoms with E-state index in [1.165, 1.54) is 12.1 Å². The number of rotatable bonds is 5. The van der Waals surface area contributed by atoms with Crippen molar-refractivity contribution < 1.29 is 14.1 Å². The number of nitrogens with one attached hydrogen (secondary N) is 2. The summed E-state index contributed by atoms with van der Waals surface area (Å²) in [7, 11) is 1.89. The summed E-state index contributed by atoms with van der Waals surface area (Å²) in [6.45, 7) is 2.36. The Hall–Kier alpha value is -1.62. The minimum atomic E-state index is -0.323. The number of benzene rings is 2. The number of hydrogen-bond acceptors (Lipinski definition) is 1. The van der Waals surface area contributed by atoms with E-state index in [1.54, 1.807) is 24.3 Å². The fourth-order valence-corrected chi connectivity index (χ4v) is 2.75. The highest BCUT2D eigenvalue weighted by Gasteiger charge is 2.22. The molecule has 1 amide bonds. The van der Waals surface area contributed by atoms with Gasteiger partial charge >= 0.3 is 0 Å². The van der Waals surface area contributed by atoms with Crippen LogP contribution in [0.3, 0.4) is 0 Å². The first-order valence-electron chi connectivity index (χ1n) is 7.19. The maximum atomic E-state index is 13.2. The highest BCUT2D eigenvalue weighted by atomic mass is 35.5. The van der Waals surface area contributed by atoms with Gasteiger partial charge in [-0.25, -0.2) is 4.39 Å². The zero-order valence-electron chi connectivity index (χ0n) is 12.9. The van der Waals surface area contributed by atoms with Crippen LogP contribution >= 0.6 is 23.2 Å². The Balaban J connectivity index is 2.00. The molecule has 0 aliphatic carbocycles. The van der Waals surface area contributed by atoms with Crippen molar-refractivity contribution in [2.45, 2.75) is 19.5 Å². The number of anilines is 1. The Morgan fingerprint density at radius 2 is 1.87 bits per heavy atom. The number of likely N-dealkylation sites (N-methyl/N-ethyl adjacent to an activating group) is 1. The van der Waals surface area contributed by atoms with Gasteiger partial charge in [-0.1, -0.05) is 35.3 Å². The topological polar surface area (TPSA) is 33.5 Å². The summed E-state index contributed by atoms with van der Waals surface area (Å²) in [5.41, 5.74) is 1.39. The van der Waals surface area contributed by atoms with E-state index in [0.717, 1.165) is 10.5 Å². The molecule has 0 bridgehead atoms. The predicted octanol–water partition coefficient (Wildman–Crippen LogP) is 3.17. The van der Waals surface area contributed by atoms with E-state index in [4.69, 9.17) is 23.2 Å². The monoisotopic (exact) mass is 355 g/mol. The maximum absolute atomic E-state index is 13.2. The summed E-state index contributed by atoms with van der Waals surface area (Å²) in [6.07, 6.45) is 0. The Labute approximate surface area is 145 Å². The zero-order valence-corrected chi connectivity index (χ0v) is 14.4. The molecule has 3 nitrogen and oxygen atoms in total. The molecule has 6 heteroatoms. The van der Waals surface area contributed by atoms with Crippen LogP contribution in [-0.4, -0.2) is 19.0 Å².